The van der Waals surface area contributed by atoms with E-state index in [0.29, 0.717) is 30.5 Å². The summed E-state index contributed by atoms with van der Waals surface area (Å²) in [5, 5.41) is 11.8. The molecule has 4 heterocycles. The summed E-state index contributed by atoms with van der Waals surface area (Å²) in [4.78, 5) is 24.3. The molecule has 3 aromatic rings. The first-order valence-electron chi connectivity index (χ1n) is 9.30. The Morgan fingerprint density at radius 1 is 1.32 bits per heavy atom. The van der Waals surface area contributed by atoms with Crippen LogP contribution < -0.4 is 15.0 Å². The minimum absolute atomic E-state index is 0.237. The van der Waals surface area contributed by atoms with Crippen LogP contribution in [0.4, 0.5) is 5.82 Å². The Labute approximate surface area is 167 Å². The molecular weight excluding hydrogens is 376 g/mol. The highest BCUT2D eigenvalue weighted by Crippen LogP contribution is 2.23. The third-order valence-electron chi connectivity index (χ3n) is 4.47. The number of thiophene rings is 1. The van der Waals surface area contributed by atoms with Gasteiger partial charge in [0.2, 0.25) is 5.88 Å². The number of carbonyl (C=O) groups is 1. The van der Waals surface area contributed by atoms with Crippen LogP contribution in [0.15, 0.2) is 29.6 Å². The highest BCUT2D eigenvalue weighted by molar-refractivity contribution is 7.13. The average molecular weight is 398 g/mol. The van der Waals surface area contributed by atoms with Gasteiger partial charge in [0.15, 0.2) is 5.69 Å². The van der Waals surface area contributed by atoms with E-state index in [2.05, 4.69) is 30.4 Å². The number of carbonyl (C=O) groups excluding carboxylic acids is 1. The Bertz CT molecular complexity index is 934. The van der Waals surface area contributed by atoms with Crippen LogP contribution in [-0.2, 0) is 0 Å². The van der Waals surface area contributed by atoms with Gasteiger partial charge in [-0.1, -0.05) is 6.07 Å². The van der Waals surface area contributed by atoms with Gasteiger partial charge >= 0.3 is 0 Å². The SMILES string of the molecule is Cc1nc(OCCNC(=O)c2cc(-c3cccs3)[nH]n2)cc(N2CCCC2)n1. The second-order valence-electron chi connectivity index (χ2n) is 6.55. The van der Waals surface area contributed by atoms with Crippen molar-refractivity contribution in [3.63, 3.8) is 0 Å². The minimum atomic E-state index is -0.237. The molecular formula is C19H22N6O2S. The van der Waals surface area contributed by atoms with Crippen LogP contribution in [0.5, 0.6) is 5.88 Å². The van der Waals surface area contributed by atoms with Crippen molar-refractivity contribution in [3.8, 4) is 16.5 Å². The molecule has 0 radical (unpaired) electrons. The number of anilines is 1. The molecule has 0 atom stereocenters. The Morgan fingerprint density at radius 2 is 2.18 bits per heavy atom. The van der Waals surface area contributed by atoms with Crippen molar-refractivity contribution in [2.75, 3.05) is 31.1 Å². The molecule has 1 amide bonds. The Morgan fingerprint density at radius 3 is 2.96 bits per heavy atom. The number of amides is 1. The van der Waals surface area contributed by atoms with Gasteiger partial charge < -0.3 is 15.0 Å². The van der Waals surface area contributed by atoms with Gasteiger partial charge in [0.1, 0.15) is 18.2 Å². The van der Waals surface area contributed by atoms with Gasteiger partial charge in [-0.05, 0) is 37.3 Å². The number of ether oxygens (including phenoxy) is 1. The molecule has 8 nitrogen and oxygen atoms in total. The van der Waals surface area contributed by atoms with Crippen LogP contribution in [0, 0.1) is 6.92 Å². The van der Waals surface area contributed by atoms with E-state index in [0.717, 1.165) is 29.5 Å². The van der Waals surface area contributed by atoms with Crippen molar-refractivity contribution in [2.24, 2.45) is 0 Å². The zero-order valence-corrected chi connectivity index (χ0v) is 16.5. The summed E-state index contributed by atoms with van der Waals surface area (Å²) in [6, 6.07) is 7.55. The summed E-state index contributed by atoms with van der Waals surface area (Å²) in [6.45, 7) is 4.58. The highest BCUT2D eigenvalue weighted by atomic mass is 32.1. The molecule has 1 aliphatic heterocycles. The van der Waals surface area contributed by atoms with E-state index in [-0.39, 0.29) is 5.91 Å². The van der Waals surface area contributed by atoms with Gasteiger partial charge in [-0.2, -0.15) is 10.1 Å². The smallest absolute Gasteiger partial charge is 0.271 e. The van der Waals surface area contributed by atoms with Gasteiger partial charge in [0.25, 0.3) is 5.91 Å². The topological polar surface area (TPSA) is 96.0 Å². The molecule has 1 saturated heterocycles. The molecule has 1 fully saturated rings. The molecule has 28 heavy (non-hydrogen) atoms. The maximum absolute atomic E-state index is 12.2. The van der Waals surface area contributed by atoms with Gasteiger partial charge in [0, 0.05) is 19.2 Å². The molecule has 0 aliphatic carbocycles. The van der Waals surface area contributed by atoms with Gasteiger partial charge in [-0.3, -0.25) is 9.89 Å². The fourth-order valence-electron chi connectivity index (χ4n) is 3.11. The van der Waals surface area contributed by atoms with Gasteiger partial charge in [-0.15, -0.1) is 11.3 Å². The Hall–Kier alpha value is -2.94. The van der Waals surface area contributed by atoms with Crippen molar-refractivity contribution >= 4 is 23.1 Å². The fraction of sp³-hybridized carbons (Fsp3) is 0.368. The third kappa shape index (κ3) is 4.30. The second-order valence-corrected chi connectivity index (χ2v) is 7.50. The van der Waals surface area contributed by atoms with Gasteiger partial charge in [-0.25, -0.2) is 4.98 Å². The van der Waals surface area contributed by atoms with Crippen molar-refractivity contribution in [1.82, 2.24) is 25.5 Å². The molecule has 1 aliphatic rings. The maximum Gasteiger partial charge on any atom is 0.271 e. The quantitative estimate of drug-likeness (QED) is 0.594. The second kappa shape index (κ2) is 8.39. The van der Waals surface area contributed by atoms with Crippen LogP contribution in [0.2, 0.25) is 0 Å². The average Bonchev–Trinajstić information content (AvgIpc) is 3.46. The predicted octanol–water partition coefficient (Wildman–Crippen LogP) is 2.65. The van der Waals surface area contributed by atoms with Crippen molar-refractivity contribution in [2.45, 2.75) is 19.8 Å². The molecule has 4 rings (SSSR count). The first-order valence-corrected chi connectivity index (χ1v) is 10.2. The van der Waals surface area contributed by atoms with Crippen molar-refractivity contribution < 1.29 is 9.53 Å². The number of hydrogen-bond donors (Lipinski definition) is 2. The normalized spacial score (nSPS) is 13.7. The lowest BCUT2D eigenvalue weighted by atomic mass is 10.3. The number of aromatic nitrogens is 4. The number of nitrogens with zero attached hydrogens (tertiary/aromatic N) is 4. The zero-order chi connectivity index (χ0) is 19.3. The monoisotopic (exact) mass is 398 g/mol. The lowest BCUT2D eigenvalue weighted by molar-refractivity contribution is 0.0941. The number of H-pyrrole nitrogens is 1. The lowest BCUT2D eigenvalue weighted by Crippen LogP contribution is -2.28. The van der Waals surface area contributed by atoms with E-state index in [1.807, 2.05) is 30.5 Å². The molecule has 0 saturated carbocycles. The third-order valence-corrected chi connectivity index (χ3v) is 5.37. The number of aromatic amines is 1. The summed E-state index contributed by atoms with van der Waals surface area (Å²) >= 11 is 1.59. The van der Waals surface area contributed by atoms with Crippen LogP contribution in [0.1, 0.15) is 29.2 Å². The molecule has 9 heteroatoms. The number of nitrogens with one attached hydrogen (secondary N) is 2. The van der Waals surface area contributed by atoms with Crippen molar-refractivity contribution in [3.05, 3.63) is 41.2 Å². The van der Waals surface area contributed by atoms with E-state index in [4.69, 9.17) is 4.74 Å². The molecule has 0 spiro atoms. The van der Waals surface area contributed by atoms with Crippen LogP contribution >= 0.6 is 11.3 Å². The van der Waals surface area contributed by atoms with Crippen LogP contribution in [0.3, 0.4) is 0 Å². The zero-order valence-electron chi connectivity index (χ0n) is 15.6. The molecule has 0 bridgehead atoms. The minimum Gasteiger partial charge on any atom is -0.476 e. The summed E-state index contributed by atoms with van der Waals surface area (Å²) < 4.78 is 5.72. The van der Waals surface area contributed by atoms with Crippen molar-refractivity contribution in [1.29, 1.82) is 0 Å². The van der Waals surface area contributed by atoms with Crippen LogP contribution in [0.25, 0.3) is 10.6 Å². The molecule has 146 valence electrons. The molecule has 3 aromatic heterocycles. The van der Waals surface area contributed by atoms with Gasteiger partial charge in [0.05, 0.1) is 17.1 Å². The molecule has 2 N–H and O–H groups in total. The molecule has 0 aromatic carbocycles. The highest BCUT2D eigenvalue weighted by Gasteiger charge is 2.16. The maximum atomic E-state index is 12.2. The fourth-order valence-corrected chi connectivity index (χ4v) is 3.81. The summed E-state index contributed by atoms with van der Waals surface area (Å²) in [7, 11) is 0. The first-order chi connectivity index (χ1) is 13.7. The summed E-state index contributed by atoms with van der Waals surface area (Å²) in [5.41, 5.74) is 1.19. The van der Waals surface area contributed by atoms with E-state index in [1.54, 1.807) is 17.4 Å². The molecule has 0 unspecified atom stereocenters. The number of rotatable bonds is 7. The Balaban J connectivity index is 1.28. The van der Waals surface area contributed by atoms with Crippen LogP contribution in [-0.4, -0.2) is 52.3 Å². The van der Waals surface area contributed by atoms with E-state index in [1.165, 1.54) is 12.8 Å². The largest absolute Gasteiger partial charge is 0.476 e. The standard InChI is InChI=1S/C19H22N6O2S/c1-13-21-17(25-7-2-3-8-25)12-18(22-13)27-9-6-20-19(26)15-11-14(23-24-15)16-5-4-10-28-16/h4-5,10-12H,2-3,6-9H2,1H3,(H,20,26)(H,23,24). The summed E-state index contributed by atoms with van der Waals surface area (Å²) in [6.07, 6.45) is 2.37. The first kappa shape index (κ1) is 18.4. The Kier molecular flexibility index (Phi) is 5.52. The number of aryl methyl sites for hydroxylation is 1. The van der Waals surface area contributed by atoms with E-state index in [9.17, 15) is 4.79 Å². The number of hydrogen-bond acceptors (Lipinski definition) is 7. The van der Waals surface area contributed by atoms with E-state index >= 15 is 0 Å². The van der Waals surface area contributed by atoms with E-state index < -0.39 is 0 Å². The lowest BCUT2D eigenvalue weighted by Gasteiger charge is -2.17. The predicted molar refractivity (Wildman–Crippen MR) is 108 cm³/mol. The summed E-state index contributed by atoms with van der Waals surface area (Å²) in [5.74, 6) is 1.88.